The van der Waals surface area contributed by atoms with E-state index >= 15 is 0 Å². The number of likely N-dealkylation sites (tertiary alicyclic amines) is 1. The topological polar surface area (TPSA) is 56.7 Å². The van der Waals surface area contributed by atoms with Crippen LogP contribution in [0, 0.1) is 0 Å². The van der Waals surface area contributed by atoms with Crippen molar-refractivity contribution in [2.45, 2.75) is 45.5 Å². The lowest BCUT2D eigenvalue weighted by atomic mass is 10.1. The summed E-state index contributed by atoms with van der Waals surface area (Å²) in [5, 5.41) is 6.28. The average molecular weight is 447 g/mol. The van der Waals surface area contributed by atoms with Gasteiger partial charge in [0.25, 0.3) is 5.91 Å². The van der Waals surface area contributed by atoms with Gasteiger partial charge in [0.05, 0.1) is 12.1 Å². The fourth-order valence-corrected chi connectivity index (χ4v) is 3.59. The molecule has 0 spiro atoms. The van der Waals surface area contributed by atoms with Crippen LogP contribution in [0.1, 0.15) is 53.2 Å². The molecular formula is C24H29F3N4O. The van der Waals surface area contributed by atoms with Gasteiger partial charge in [0.1, 0.15) is 0 Å². The first-order chi connectivity index (χ1) is 15.4. The minimum atomic E-state index is -4.37. The van der Waals surface area contributed by atoms with Crippen LogP contribution in [-0.2, 0) is 19.3 Å². The van der Waals surface area contributed by atoms with Gasteiger partial charge in [-0.05, 0) is 61.6 Å². The van der Waals surface area contributed by atoms with Crippen LogP contribution in [0.25, 0.3) is 0 Å². The highest BCUT2D eigenvalue weighted by molar-refractivity contribution is 5.94. The second-order valence-electron chi connectivity index (χ2n) is 7.80. The van der Waals surface area contributed by atoms with Gasteiger partial charge >= 0.3 is 6.18 Å². The molecule has 0 aromatic heterocycles. The van der Waals surface area contributed by atoms with E-state index in [1.54, 1.807) is 6.07 Å². The second-order valence-corrected chi connectivity index (χ2v) is 7.80. The maximum Gasteiger partial charge on any atom is 0.416 e. The van der Waals surface area contributed by atoms with Crippen LogP contribution in [0.3, 0.4) is 0 Å². The number of halogens is 3. The van der Waals surface area contributed by atoms with E-state index in [0.717, 1.165) is 43.6 Å². The third-order valence-electron chi connectivity index (χ3n) is 5.32. The Hall–Kier alpha value is -3.03. The lowest BCUT2D eigenvalue weighted by Crippen LogP contribution is -2.37. The number of carbonyl (C=O) groups excluding carboxylic acids is 1. The molecule has 2 N–H and O–H groups in total. The van der Waals surface area contributed by atoms with E-state index in [4.69, 9.17) is 0 Å². The van der Waals surface area contributed by atoms with Crippen LogP contribution >= 0.6 is 0 Å². The predicted molar refractivity (Wildman–Crippen MR) is 119 cm³/mol. The largest absolute Gasteiger partial charge is 0.416 e. The highest BCUT2D eigenvalue weighted by Gasteiger charge is 2.30. The zero-order valence-electron chi connectivity index (χ0n) is 18.2. The number of hydrogen-bond acceptors (Lipinski definition) is 2. The van der Waals surface area contributed by atoms with E-state index in [1.807, 2.05) is 36.1 Å². The van der Waals surface area contributed by atoms with Crippen LogP contribution in [0.2, 0.25) is 0 Å². The summed E-state index contributed by atoms with van der Waals surface area (Å²) in [5.74, 6) is 0.582. The summed E-state index contributed by atoms with van der Waals surface area (Å²) >= 11 is 0. The third-order valence-corrected chi connectivity index (χ3v) is 5.32. The molecule has 0 atom stereocenters. The summed E-state index contributed by atoms with van der Waals surface area (Å²) in [5.41, 5.74) is 1.46. The molecule has 0 saturated carbocycles. The van der Waals surface area contributed by atoms with Crippen molar-refractivity contribution in [2.24, 2.45) is 4.99 Å². The van der Waals surface area contributed by atoms with Crippen molar-refractivity contribution in [3.05, 3.63) is 70.8 Å². The molecule has 8 heteroatoms. The van der Waals surface area contributed by atoms with Crippen LogP contribution in [0.15, 0.2) is 53.5 Å². The van der Waals surface area contributed by atoms with Gasteiger partial charge in [0.15, 0.2) is 5.96 Å². The number of guanidine groups is 1. The molecule has 1 amide bonds. The van der Waals surface area contributed by atoms with Gasteiger partial charge < -0.3 is 15.5 Å². The molecule has 0 aliphatic carbocycles. The highest BCUT2D eigenvalue weighted by Crippen LogP contribution is 2.29. The SMILES string of the molecule is CCNC(=NCc1cccc(C(F)(F)F)c1)NCc1ccc(C(=O)N2CCCCC2)cc1. The third kappa shape index (κ3) is 6.73. The number of nitrogens with one attached hydrogen (secondary N) is 2. The minimum absolute atomic E-state index is 0.0696. The standard InChI is InChI=1S/C24H29F3N4O/c1-2-28-23(30-17-19-7-6-8-21(15-19)24(25,26)27)29-16-18-9-11-20(12-10-18)22(32)31-13-4-3-5-14-31/h6-12,15H,2-5,13-14,16-17H2,1H3,(H2,28,29,30). The van der Waals surface area contributed by atoms with E-state index in [0.29, 0.717) is 30.2 Å². The maximum atomic E-state index is 12.9. The van der Waals surface area contributed by atoms with Gasteiger partial charge in [-0.3, -0.25) is 4.79 Å². The molecule has 1 aliphatic rings. The quantitative estimate of drug-likeness (QED) is 0.504. The number of alkyl halides is 3. The molecule has 1 heterocycles. The van der Waals surface area contributed by atoms with Crippen molar-refractivity contribution >= 4 is 11.9 Å². The molecule has 1 fully saturated rings. The van der Waals surface area contributed by atoms with Gasteiger partial charge in [-0.1, -0.05) is 24.3 Å². The lowest BCUT2D eigenvalue weighted by molar-refractivity contribution is -0.137. The van der Waals surface area contributed by atoms with E-state index in [2.05, 4.69) is 15.6 Å². The van der Waals surface area contributed by atoms with Crippen molar-refractivity contribution in [1.82, 2.24) is 15.5 Å². The number of aliphatic imine (C=N–C) groups is 1. The summed E-state index contributed by atoms with van der Waals surface area (Å²) in [6.45, 7) is 4.78. The zero-order chi connectivity index (χ0) is 23.0. The molecule has 3 rings (SSSR count). The number of amides is 1. The first-order valence-corrected chi connectivity index (χ1v) is 10.9. The van der Waals surface area contributed by atoms with Gasteiger partial charge in [-0.15, -0.1) is 0 Å². The number of piperidine rings is 1. The van der Waals surface area contributed by atoms with Crippen LogP contribution in [0.5, 0.6) is 0 Å². The Labute approximate surface area is 186 Å². The Bertz CT molecular complexity index is 920. The molecule has 2 aromatic rings. The van der Waals surface area contributed by atoms with Gasteiger partial charge in [-0.2, -0.15) is 13.2 Å². The summed E-state index contributed by atoms with van der Waals surface area (Å²) in [6.07, 6.45) is -1.08. The fourth-order valence-electron chi connectivity index (χ4n) is 3.59. The van der Waals surface area contributed by atoms with Gasteiger partial charge in [-0.25, -0.2) is 4.99 Å². The summed E-state index contributed by atoms with van der Waals surface area (Å²) in [6, 6.07) is 12.7. The van der Waals surface area contributed by atoms with E-state index in [-0.39, 0.29) is 12.5 Å². The second kappa shape index (κ2) is 11.0. The number of carbonyl (C=O) groups is 1. The van der Waals surface area contributed by atoms with Crippen molar-refractivity contribution < 1.29 is 18.0 Å². The molecule has 1 aliphatic heterocycles. The molecule has 2 aromatic carbocycles. The molecule has 32 heavy (non-hydrogen) atoms. The Balaban J connectivity index is 1.58. The smallest absolute Gasteiger partial charge is 0.357 e. The highest BCUT2D eigenvalue weighted by atomic mass is 19.4. The first-order valence-electron chi connectivity index (χ1n) is 10.9. The Morgan fingerprint density at radius 3 is 2.38 bits per heavy atom. The molecular weight excluding hydrogens is 417 g/mol. The summed E-state index contributed by atoms with van der Waals surface area (Å²) < 4.78 is 38.7. The fraction of sp³-hybridized carbons (Fsp3) is 0.417. The minimum Gasteiger partial charge on any atom is -0.357 e. The Morgan fingerprint density at radius 2 is 1.72 bits per heavy atom. The number of nitrogens with zero attached hydrogens (tertiary/aromatic N) is 2. The van der Waals surface area contributed by atoms with E-state index < -0.39 is 11.7 Å². The molecule has 5 nitrogen and oxygen atoms in total. The number of benzene rings is 2. The number of hydrogen-bond donors (Lipinski definition) is 2. The van der Waals surface area contributed by atoms with E-state index in [1.165, 1.54) is 12.5 Å². The summed E-state index contributed by atoms with van der Waals surface area (Å²) in [4.78, 5) is 18.9. The van der Waals surface area contributed by atoms with Crippen molar-refractivity contribution in [3.63, 3.8) is 0 Å². The van der Waals surface area contributed by atoms with Crippen LogP contribution in [0.4, 0.5) is 13.2 Å². The summed E-state index contributed by atoms with van der Waals surface area (Å²) in [7, 11) is 0. The molecule has 172 valence electrons. The van der Waals surface area contributed by atoms with Gasteiger partial charge in [0, 0.05) is 31.7 Å². The molecule has 0 radical (unpaired) electrons. The van der Waals surface area contributed by atoms with Crippen molar-refractivity contribution in [2.75, 3.05) is 19.6 Å². The predicted octanol–water partition coefficient (Wildman–Crippen LogP) is 4.59. The van der Waals surface area contributed by atoms with Crippen LogP contribution < -0.4 is 10.6 Å². The first kappa shape index (κ1) is 23.6. The molecule has 0 bridgehead atoms. The van der Waals surface area contributed by atoms with Crippen molar-refractivity contribution in [1.29, 1.82) is 0 Å². The Kier molecular flexibility index (Phi) is 8.14. The maximum absolute atomic E-state index is 12.9. The average Bonchev–Trinajstić information content (AvgIpc) is 2.81. The Morgan fingerprint density at radius 1 is 1.00 bits per heavy atom. The molecule has 0 unspecified atom stereocenters. The van der Waals surface area contributed by atoms with Crippen LogP contribution in [-0.4, -0.2) is 36.4 Å². The van der Waals surface area contributed by atoms with Crippen molar-refractivity contribution in [3.8, 4) is 0 Å². The zero-order valence-corrected chi connectivity index (χ0v) is 18.2. The van der Waals surface area contributed by atoms with E-state index in [9.17, 15) is 18.0 Å². The van der Waals surface area contributed by atoms with Gasteiger partial charge in [0.2, 0.25) is 0 Å². The lowest BCUT2D eigenvalue weighted by Gasteiger charge is -2.26. The number of rotatable bonds is 6. The normalized spacial score (nSPS) is 14.9. The molecule has 1 saturated heterocycles. The monoisotopic (exact) mass is 446 g/mol.